The maximum absolute atomic E-state index is 13.3. The molecule has 1 saturated heterocycles. The van der Waals surface area contributed by atoms with E-state index in [1.54, 1.807) is 18.7 Å². The van der Waals surface area contributed by atoms with Gasteiger partial charge in [-0.25, -0.2) is 4.79 Å². The molecule has 1 fully saturated rings. The second-order valence-corrected chi connectivity index (χ2v) is 15.5. The number of rotatable bonds is 8. The van der Waals surface area contributed by atoms with Gasteiger partial charge >= 0.3 is 6.09 Å². The molecule has 1 unspecified atom stereocenters. The Morgan fingerprint density at radius 1 is 1.06 bits per heavy atom. The van der Waals surface area contributed by atoms with Crippen LogP contribution in [0.2, 0.25) is 18.1 Å². The van der Waals surface area contributed by atoms with Gasteiger partial charge in [-0.3, -0.25) is 0 Å². The van der Waals surface area contributed by atoms with Crippen molar-refractivity contribution in [2.24, 2.45) is 0 Å². The monoisotopic (exact) mass is 491 g/mol. The number of hydrogen-bond acceptors (Lipinski definition) is 3. The van der Waals surface area contributed by atoms with Crippen LogP contribution in [0, 0.1) is 11.5 Å². The average molecular weight is 492 g/mol. The summed E-state index contributed by atoms with van der Waals surface area (Å²) in [5, 5.41) is 10.6. The first-order valence-corrected chi connectivity index (χ1v) is 15.6. The van der Waals surface area contributed by atoms with Crippen molar-refractivity contribution in [1.82, 2.24) is 4.90 Å². The predicted molar refractivity (Wildman–Crippen MR) is 146 cm³/mol. The van der Waals surface area contributed by atoms with Crippen molar-refractivity contribution in [3.63, 3.8) is 0 Å². The minimum Gasteiger partial charge on any atom is -0.438 e. The fraction of sp³-hybridized carbons (Fsp3) is 0.500. The Labute approximate surface area is 212 Å². The van der Waals surface area contributed by atoms with Crippen molar-refractivity contribution >= 4 is 14.2 Å². The summed E-state index contributed by atoms with van der Waals surface area (Å²) in [7, 11) is -1.48. The Bertz CT molecular complexity index is 1040. The fourth-order valence-corrected chi connectivity index (χ4v) is 7.58. The standard InChI is InChI=1S/C30H41NO3Si/c1-7-35(8-2,9-3)22-19-25-15-17-26(18-16-25)24(4)31-21-20-30(34-28(31)32,23-29(5,6)33)27-13-11-10-12-14-27/h10-18,24,33H,7-9,20-21,23H2,1-6H3/t24-,30?/m0/s1. The third-order valence-electron chi connectivity index (χ3n) is 7.65. The average Bonchev–Trinajstić information content (AvgIpc) is 2.85. The molecule has 0 bridgehead atoms. The Kier molecular flexibility index (Phi) is 8.51. The molecule has 35 heavy (non-hydrogen) atoms. The molecule has 0 aliphatic carbocycles. The zero-order chi connectivity index (χ0) is 25.7. The van der Waals surface area contributed by atoms with Crippen LogP contribution in [0.5, 0.6) is 0 Å². The third kappa shape index (κ3) is 6.37. The van der Waals surface area contributed by atoms with Crippen LogP contribution in [0.15, 0.2) is 54.6 Å². The molecule has 0 aromatic heterocycles. The van der Waals surface area contributed by atoms with Crippen molar-refractivity contribution in [1.29, 1.82) is 0 Å². The lowest BCUT2D eigenvalue weighted by molar-refractivity contribution is -0.101. The van der Waals surface area contributed by atoms with Crippen molar-refractivity contribution in [2.75, 3.05) is 6.54 Å². The second kappa shape index (κ2) is 11.0. The van der Waals surface area contributed by atoms with E-state index in [0.717, 1.165) is 16.7 Å². The van der Waals surface area contributed by atoms with Crippen LogP contribution in [0.1, 0.15) is 77.1 Å². The van der Waals surface area contributed by atoms with Crippen molar-refractivity contribution in [2.45, 2.75) is 89.8 Å². The van der Waals surface area contributed by atoms with E-state index in [0.29, 0.717) is 19.4 Å². The molecular weight excluding hydrogens is 450 g/mol. The maximum atomic E-state index is 13.3. The number of nitrogens with zero attached hydrogens (tertiary/aromatic N) is 1. The number of carbonyl (C=O) groups excluding carboxylic acids is 1. The molecule has 1 aliphatic rings. The molecule has 0 spiro atoms. The zero-order valence-electron chi connectivity index (χ0n) is 22.2. The summed E-state index contributed by atoms with van der Waals surface area (Å²) in [6, 6.07) is 21.5. The molecule has 2 atom stereocenters. The highest BCUT2D eigenvalue weighted by Crippen LogP contribution is 2.42. The number of aliphatic hydroxyl groups is 1. The Balaban J connectivity index is 1.77. The highest BCUT2D eigenvalue weighted by molar-refractivity contribution is 6.87. The first kappa shape index (κ1) is 27.0. The van der Waals surface area contributed by atoms with Crippen LogP contribution in [0.25, 0.3) is 0 Å². The van der Waals surface area contributed by atoms with Crippen molar-refractivity contribution in [3.05, 3.63) is 71.3 Å². The molecule has 1 N–H and O–H groups in total. The first-order chi connectivity index (χ1) is 16.6. The maximum Gasteiger partial charge on any atom is 0.411 e. The predicted octanol–water partition coefficient (Wildman–Crippen LogP) is 7.05. The smallest absolute Gasteiger partial charge is 0.411 e. The molecule has 2 aromatic carbocycles. The summed E-state index contributed by atoms with van der Waals surface area (Å²) in [6.45, 7) is 12.9. The molecule has 0 saturated carbocycles. The van der Waals surface area contributed by atoms with Crippen LogP contribution >= 0.6 is 0 Å². The number of amides is 1. The van der Waals surface area contributed by atoms with E-state index in [2.05, 4.69) is 56.5 Å². The molecule has 0 radical (unpaired) electrons. The molecular formula is C30H41NO3Si. The summed E-state index contributed by atoms with van der Waals surface area (Å²) in [4.78, 5) is 15.1. The highest BCUT2D eigenvalue weighted by Gasteiger charge is 2.46. The summed E-state index contributed by atoms with van der Waals surface area (Å²) in [6.07, 6.45) is 0.632. The summed E-state index contributed by atoms with van der Waals surface area (Å²) >= 11 is 0. The Morgan fingerprint density at radius 3 is 2.17 bits per heavy atom. The van der Waals surface area contributed by atoms with Crippen LogP contribution in [-0.2, 0) is 10.3 Å². The molecule has 5 heteroatoms. The molecule has 4 nitrogen and oxygen atoms in total. The van der Waals surface area contributed by atoms with Crippen LogP contribution < -0.4 is 0 Å². The molecule has 1 heterocycles. The number of hydrogen-bond donors (Lipinski definition) is 1. The van der Waals surface area contributed by atoms with Crippen LogP contribution in [0.4, 0.5) is 4.79 Å². The number of ether oxygens (including phenoxy) is 1. The largest absolute Gasteiger partial charge is 0.438 e. The fourth-order valence-electron chi connectivity index (χ4n) is 5.14. The Morgan fingerprint density at radius 2 is 1.66 bits per heavy atom. The van der Waals surface area contributed by atoms with E-state index in [9.17, 15) is 9.90 Å². The van der Waals surface area contributed by atoms with Gasteiger partial charge in [0.1, 0.15) is 13.7 Å². The van der Waals surface area contributed by atoms with Crippen LogP contribution in [0.3, 0.4) is 0 Å². The molecule has 1 amide bonds. The SMILES string of the molecule is CC[Si](C#Cc1ccc([C@H](C)N2CCC(CC(C)(C)O)(c3ccccc3)OC2=O)cc1)(CC)CC. The number of cyclic esters (lactones) is 1. The van der Waals surface area contributed by atoms with Gasteiger partial charge in [-0.05, 0) is 62.2 Å². The summed E-state index contributed by atoms with van der Waals surface area (Å²) in [5.74, 6) is 3.43. The first-order valence-electron chi connectivity index (χ1n) is 13.0. The van der Waals surface area contributed by atoms with Gasteiger partial charge in [0.2, 0.25) is 0 Å². The van der Waals surface area contributed by atoms with E-state index >= 15 is 0 Å². The number of benzene rings is 2. The van der Waals surface area contributed by atoms with Crippen molar-refractivity contribution < 1.29 is 14.6 Å². The molecule has 3 rings (SSSR count). The van der Waals surface area contributed by atoms with E-state index in [1.165, 1.54) is 18.1 Å². The lowest BCUT2D eigenvalue weighted by Crippen LogP contribution is -2.51. The Hall–Kier alpha value is -2.55. The van der Waals surface area contributed by atoms with Gasteiger partial charge in [0.15, 0.2) is 0 Å². The zero-order valence-corrected chi connectivity index (χ0v) is 23.2. The highest BCUT2D eigenvalue weighted by atomic mass is 28.3. The van der Waals surface area contributed by atoms with Gasteiger partial charge in [0.05, 0.1) is 11.6 Å². The lowest BCUT2D eigenvalue weighted by atomic mass is 9.80. The molecule has 1 aliphatic heterocycles. The van der Waals surface area contributed by atoms with Gasteiger partial charge in [-0.1, -0.05) is 69.2 Å². The topological polar surface area (TPSA) is 49.8 Å². The van der Waals surface area contributed by atoms with E-state index in [1.807, 2.05) is 37.3 Å². The second-order valence-electron chi connectivity index (χ2n) is 10.5. The lowest BCUT2D eigenvalue weighted by Gasteiger charge is -2.45. The minimum absolute atomic E-state index is 0.115. The summed E-state index contributed by atoms with van der Waals surface area (Å²) < 4.78 is 6.14. The van der Waals surface area contributed by atoms with E-state index in [4.69, 9.17) is 4.74 Å². The van der Waals surface area contributed by atoms with Gasteiger partial charge in [0, 0.05) is 24.9 Å². The quantitative estimate of drug-likeness (QED) is 0.318. The summed E-state index contributed by atoms with van der Waals surface area (Å²) in [5.41, 5.74) is 4.87. The van der Waals surface area contributed by atoms with Gasteiger partial charge in [0.25, 0.3) is 0 Å². The van der Waals surface area contributed by atoms with Crippen molar-refractivity contribution in [3.8, 4) is 11.5 Å². The minimum atomic E-state index is -1.48. The molecule has 188 valence electrons. The van der Waals surface area contributed by atoms with Gasteiger partial charge < -0.3 is 14.7 Å². The third-order valence-corrected chi connectivity index (χ3v) is 12.4. The number of carbonyl (C=O) groups is 1. The van der Waals surface area contributed by atoms with E-state index < -0.39 is 19.3 Å². The normalized spacial score (nSPS) is 19.5. The van der Waals surface area contributed by atoms with Gasteiger partial charge in [-0.15, -0.1) is 5.54 Å². The molecule has 2 aromatic rings. The van der Waals surface area contributed by atoms with Gasteiger partial charge in [-0.2, -0.15) is 0 Å². The van der Waals surface area contributed by atoms with E-state index in [-0.39, 0.29) is 12.1 Å². The van der Waals surface area contributed by atoms with Crippen LogP contribution in [-0.4, -0.2) is 36.3 Å².